The molecule has 2 amide bonds. The smallest absolute Gasteiger partial charge is 0.259 e. The van der Waals surface area contributed by atoms with Crippen molar-refractivity contribution in [1.82, 2.24) is 5.32 Å². The van der Waals surface area contributed by atoms with Crippen molar-refractivity contribution in [2.45, 2.75) is 0 Å². The van der Waals surface area contributed by atoms with Crippen molar-refractivity contribution >= 4 is 17.4 Å². The van der Waals surface area contributed by atoms with Crippen LogP contribution in [-0.2, 0) is 9.59 Å². The Morgan fingerprint density at radius 1 is 1.00 bits per heavy atom. The summed E-state index contributed by atoms with van der Waals surface area (Å²) < 4.78 is 39.1. The molecule has 16 heavy (non-hydrogen) atoms. The van der Waals surface area contributed by atoms with Crippen LogP contribution >= 0.6 is 0 Å². The molecule has 0 saturated heterocycles. The van der Waals surface area contributed by atoms with E-state index in [0.29, 0.717) is 12.1 Å². The second kappa shape index (κ2) is 3.48. The van der Waals surface area contributed by atoms with Crippen LogP contribution in [0, 0.1) is 17.5 Å². The Hall–Kier alpha value is -2.11. The second-order valence-electron chi connectivity index (χ2n) is 3.12. The van der Waals surface area contributed by atoms with Crippen molar-refractivity contribution in [2.24, 2.45) is 0 Å². The van der Waals surface area contributed by atoms with Gasteiger partial charge in [-0.2, -0.15) is 0 Å². The lowest BCUT2D eigenvalue weighted by molar-refractivity contribution is -0.123. The number of nitrogens with one attached hydrogen (secondary N) is 1. The van der Waals surface area contributed by atoms with Crippen LogP contribution in [0.2, 0.25) is 0 Å². The molecule has 2 rings (SSSR count). The molecule has 0 unspecified atom stereocenters. The summed E-state index contributed by atoms with van der Waals surface area (Å²) >= 11 is 0. The maximum Gasteiger partial charge on any atom is 0.259 e. The quantitative estimate of drug-likeness (QED) is 0.731. The largest absolute Gasteiger partial charge is 0.289 e. The first-order chi connectivity index (χ1) is 7.49. The van der Waals surface area contributed by atoms with Gasteiger partial charge in [0.25, 0.3) is 11.8 Å². The topological polar surface area (TPSA) is 46.2 Å². The van der Waals surface area contributed by atoms with Gasteiger partial charge in [-0.1, -0.05) is 0 Å². The first-order valence-corrected chi connectivity index (χ1v) is 4.21. The fourth-order valence-corrected chi connectivity index (χ4v) is 1.40. The molecule has 0 saturated carbocycles. The van der Waals surface area contributed by atoms with Crippen LogP contribution in [0.15, 0.2) is 18.2 Å². The zero-order chi connectivity index (χ0) is 11.9. The third-order valence-electron chi connectivity index (χ3n) is 2.03. The molecule has 0 atom stereocenters. The molecule has 0 radical (unpaired) electrons. The number of hydrogen-bond acceptors (Lipinski definition) is 2. The number of benzene rings is 1. The lowest BCUT2D eigenvalue weighted by Gasteiger charge is -2.04. The number of hydrogen-bond donors (Lipinski definition) is 1. The van der Waals surface area contributed by atoms with E-state index in [1.54, 1.807) is 0 Å². The lowest BCUT2D eigenvalue weighted by atomic mass is 10.0. The normalized spacial score (nSPS) is 15.1. The van der Waals surface area contributed by atoms with Gasteiger partial charge in [0.05, 0.1) is 11.1 Å². The van der Waals surface area contributed by atoms with Gasteiger partial charge in [-0.15, -0.1) is 0 Å². The molecule has 0 spiro atoms. The number of imide groups is 1. The van der Waals surface area contributed by atoms with Gasteiger partial charge in [-0.05, 0) is 0 Å². The highest BCUT2D eigenvalue weighted by atomic mass is 19.1. The highest BCUT2D eigenvalue weighted by Crippen LogP contribution is 2.25. The summed E-state index contributed by atoms with van der Waals surface area (Å²) in [4.78, 5) is 21.9. The molecule has 1 heterocycles. The number of carbonyl (C=O) groups is 2. The summed E-state index contributed by atoms with van der Waals surface area (Å²) in [7, 11) is 0. The summed E-state index contributed by atoms with van der Waals surface area (Å²) in [6.07, 6.45) is 0.766. The number of amides is 2. The predicted octanol–water partition coefficient (Wildman–Crippen LogP) is 1.14. The molecule has 0 aliphatic carbocycles. The maximum absolute atomic E-state index is 13.3. The Bertz CT molecular complexity index is 514. The Kier molecular flexibility index (Phi) is 2.26. The van der Waals surface area contributed by atoms with Crippen LogP contribution in [0.1, 0.15) is 5.56 Å². The zero-order valence-electron chi connectivity index (χ0n) is 7.68. The minimum atomic E-state index is -1.23. The highest BCUT2D eigenvalue weighted by Gasteiger charge is 2.27. The van der Waals surface area contributed by atoms with E-state index >= 15 is 0 Å². The fourth-order valence-electron chi connectivity index (χ4n) is 1.40. The predicted molar refractivity (Wildman–Crippen MR) is 47.4 cm³/mol. The van der Waals surface area contributed by atoms with Gasteiger partial charge in [0.15, 0.2) is 0 Å². The highest BCUT2D eigenvalue weighted by molar-refractivity contribution is 6.33. The summed E-state index contributed by atoms with van der Waals surface area (Å²) in [6, 6.07) is 0.880. The van der Waals surface area contributed by atoms with Gasteiger partial charge in [0.1, 0.15) is 17.5 Å². The van der Waals surface area contributed by atoms with Crippen LogP contribution < -0.4 is 5.32 Å². The Labute approximate surface area is 87.6 Å². The summed E-state index contributed by atoms with van der Waals surface area (Å²) in [5, 5.41) is 1.84. The van der Waals surface area contributed by atoms with E-state index in [1.807, 2.05) is 5.32 Å². The Morgan fingerprint density at radius 2 is 1.56 bits per heavy atom. The minimum absolute atomic E-state index is 0.440. The third kappa shape index (κ3) is 1.58. The molecule has 1 aliphatic rings. The van der Waals surface area contributed by atoms with Crippen LogP contribution in [0.5, 0.6) is 0 Å². The SMILES string of the molecule is O=C1C=C(c2c(F)cc(F)cc2F)C(=O)N1. The zero-order valence-corrected chi connectivity index (χ0v) is 7.68. The molecule has 6 heteroatoms. The average molecular weight is 227 g/mol. The van der Waals surface area contributed by atoms with Gasteiger partial charge in [0.2, 0.25) is 0 Å². The average Bonchev–Trinajstić information content (AvgIpc) is 2.43. The maximum atomic E-state index is 13.3. The van der Waals surface area contributed by atoms with E-state index in [4.69, 9.17) is 0 Å². The lowest BCUT2D eigenvalue weighted by Crippen LogP contribution is -2.22. The van der Waals surface area contributed by atoms with E-state index in [1.165, 1.54) is 0 Å². The van der Waals surface area contributed by atoms with E-state index in [2.05, 4.69) is 0 Å². The van der Waals surface area contributed by atoms with Crippen molar-refractivity contribution in [3.8, 4) is 0 Å². The molecule has 1 aromatic rings. The molecular weight excluding hydrogens is 223 g/mol. The van der Waals surface area contributed by atoms with Gasteiger partial charge in [0, 0.05) is 18.2 Å². The van der Waals surface area contributed by atoms with Crippen molar-refractivity contribution in [3.63, 3.8) is 0 Å². The van der Waals surface area contributed by atoms with Gasteiger partial charge in [-0.25, -0.2) is 13.2 Å². The van der Waals surface area contributed by atoms with Crippen LogP contribution in [-0.4, -0.2) is 11.8 Å². The number of halogens is 3. The van der Waals surface area contributed by atoms with Gasteiger partial charge < -0.3 is 0 Å². The monoisotopic (exact) mass is 227 g/mol. The van der Waals surface area contributed by atoms with Crippen LogP contribution in [0.4, 0.5) is 13.2 Å². The second-order valence-corrected chi connectivity index (χ2v) is 3.12. The summed E-state index contributed by atoms with van der Waals surface area (Å²) in [5.74, 6) is -5.22. The first-order valence-electron chi connectivity index (χ1n) is 4.21. The van der Waals surface area contributed by atoms with Crippen LogP contribution in [0.3, 0.4) is 0 Å². The van der Waals surface area contributed by atoms with Crippen molar-refractivity contribution in [2.75, 3.05) is 0 Å². The van der Waals surface area contributed by atoms with Crippen LogP contribution in [0.25, 0.3) is 5.57 Å². The summed E-state index contributed by atoms with van der Waals surface area (Å²) in [5.41, 5.74) is -1.15. The van der Waals surface area contributed by atoms with E-state index in [9.17, 15) is 22.8 Å². The Morgan fingerprint density at radius 3 is 2.00 bits per heavy atom. The molecule has 3 nitrogen and oxygen atoms in total. The first kappa shape index (κ1) is 10.4. The fraction of sp³-hybridized carbons (Fsp3) is 0. The van der Waals surface area contributed by atoms with E-state index in [0.717, 1.165) is 6.08 Å². The van der Waals surface area contributed by atoms with Gasteiger partial charge in [-0.3, -0.25) is 14.9 Å². The Balaban J connectivity index is 2.61. The molecule has 1 aromatic carbocycles. The minimum Gasteiger partial charge on any atom is -0.289 e. The molecule has 1 N–H and O–H groups in total. The van der Waals surface area contributed by atoms with E-state index in [-0.39, 0.29) is 0 Å². The van der Waals surface area contributed by atoms with Crippen molar-refractivity contribution in [3.05, 3.63) is 41.2 Å². The molecule has 0 aromatic heterocycles. The molecule has 0 bridgehead atoms. The van der Waals surface area contributed by atoms with Gasteiger partial charge >= 0.3 is 0 Å². The number of carbonyl (C=O) groups excluding carboxylic acids is 2. The van der Waals surface area contributed by atoms with E-state index < -0.39 is 40.4 Å². The number of rotatable bonds is 1. The molecule has 0 fully saturated rings. The van der Waals surface area contributed by atoms with Crippen molar-refractivity contribution < 1.29 is 22.8 Å². The van der Waals surface area contributed by atoms with Crippen molar-refractivity contribution in [1.29, 1.82) is 0 Å². The molecular formula is C10H4F3NO2. The standard InChI is InChI=1S/C10H4F3NO2/c11-4-1-6(12)9(7(13)2-4)5-3-8(15)14-10(5)16/h1-3H,(H,14,15,16). The molecule has 82 valence electrons. The summed E-state index contributed by atoms with van der Waals surface area (Å²) in [6.45, 7) is 0. The molecule has 1 aliphatic heterocycles. The third-order valence-corrected chi connectivity index (χ3v) is 2.03.